The monoisotopic (exact) mass is 479 g/mol. The Morgan fingerprint density at radius 3 is 2.45 bits per heavy atom. The Bertz CT molecular complexity index is 1080. The Labute approximate surface area is 194 Å². The lowest BCUT2D eigenvalue weighted by molar-refractivity contribution is -0.140. The number of nitrogens with zero attached hydrogens (tertiary/aromatic N) is 2. The molecule has 10 heteroatoms. The molecule has 0 bridgehead atoms. The van der Waals surface area contributed by atoms with Crippen molar-refractivity contribution in [3.05, 3.63) is 59.9 Å². The van der Waals surface area contributed by atoms with Crippen molar-refractivity contribution in [1.29, 1.82) is 0 Å². The van der Waals surface area contributed by atoms with Crippen LogP contribution >= 0.6 is 0 Å². The molecule has 0 aliphatic heterocycles. The number of nitrogens with one attached hydrogen (secondary N) is 1. The maximum absolute atomic E-state index is 14.2. The van der Waals surface area contributed by atoms with Crippen LogP contribution in [0.3, 0.4) is 0 Å². The summed E-state index contributed by atoms with van der Waals surface area (Å²) in [6.45, 7) is 1.72. The fourth-order valence-corrected chi connectivity index (χ4v) is 4.36. The average molecular weight is 480 g/mol. The van der Waals surface area contributed by atoms with E-state index in [1.165, 1.54) is 37.3 Å². The summed E-state index contributed by atoms with van der Waals surface area (Å²) >= 11 is 0. The first kappa shape index (κ1) is 26.1. The van der Waals surface area contributed by atoms with Crippen molar-refractivity contribution in [2.45, 2.75) is 32.4 Å². The third-order valence-electron chi connectivity index (χ3n) is 5.17. The van der Waals surface area contributed by atoms with Gasteiger partial charge in [-0.3, -0.25) is 13.9 Å². The first-order valence-electron chi connectivity index (χ1n) is 10.4. The zero-order chi connectivity index (χ0) is 24.6. The van der Waals surface area contributed by atoms with Crippen molar-refractivity contribution in [2.24, 2.45) is 0 Å². The molecule has 0 spiro atoms. The smallest absolute Gasteiger partial charge is 0.242 e. The van der Waals surface area contributed by atoms with Crippen LogP contribution in [0.2, 0.25) is 0 Å². The van der Waals surface area contributed by atoms with Crippen molar-refractivity contribution < 1.29 is 27.1 Å². The molecule has 2 aromatic rings. The van der Waals surface area contributed by atoms with Crippen LogP contribution in [0.1, 0.15) is 25.3 Å². The predicted octanol–water partition coefficient (Wildman–Crippen LogP) is 2.54. The number of para-hydroxylation sites is 1. The van der Waals surface area contributed by atoms with Gasteiger partial charge in [0, 0.05) is 26.6 Å². The fourth-order valence-electron chi connectivity index (χ4n) is 3.40. The Balaban J connectivity index is 2.17. The van der Waals surface area contributed by atoms with Crippen LogP contribution in [0.25, 0.3) is 0 Å². The standard InChI is InChI=1S/C23H30FN3O5S/c1-17(23(29)25-2)26(16-18-9-7-10-19(15-18)32-3)22(28)13-8-14-27(33(4,30)31)21-12-6-5-11-20(21)24/h5-7,9-12,15,17H,8,13-14,16H2,1-4H3,(H,25,29)/t17-/m1/s1. The number of carbonyl (C=O) groups is 2. The molecule has 0 unspecified atom stereocenters. The molecule has 180 valence electrons. The largest absolute Gasteiger partial charge is 0.497 e. The molecule has 1 atom stereocenters. The summed E-state index contributed by atoms with van der Waals surface area (Å²) in [6.07, 6.45) is 1.12. The molecule has 0 radical (unpaired) electrons. The highest BCUT2D eigenvalue weighted by Crippen LogP contribution is 2.22. The number of likely N-dealkylation sites (N-methyl/N-ethyl adjacent to an activating group) is 1. The van der Waals surface area contributed by atoms with Crippen molar-refractivity contribution in [3.63, 3.8) is 0 Å². The van der Waals surface area contributed by atoms with Crippen molar-refractivity contribution >= 4 is 27.5 Å². The van der Waals surface area contributed by atoms with Gasteiger partial charge in [0.25, 0.3) is 0 Å². The number of sulfonamides is 1. The number of benzene rings is 2. The van der Waals surface area contributed by atoms with Gasteiger partial charge >= 0.3 is 0 Å². The molecule has 2 rings (SSSR count). The number of amides is 2. The number of halogens is 1. The summed E-state index contributed by atoms with van der Waals surface area (Å²) in [5.74, 6) is -0.686. The number of hydrogen-bond donors (Lipinski definition) is 1. The molecule has 0 aliphatic rings. The normalized spacial score (nSPS) is 12.0. The van der Waals surface area contributed by atoms with Gasteiger partial charge in [-0.25, -0.2) is 12.8 Å². The summed E-state index contributed by atoms with van der Waals surface area (Å²) in [7, 11) is -0.727. The maximum Gasteiger partial charge on any atom is 0.242 e. The number of methoxy groups -OCH3 is 1. The van der Waals surface area contributed by atoms with Gasteiger partial charge in [-0.05, 0) is 43.2 Å². The molecule has 0 aromatic heterocycles. The van der Waals surface area contributed by atoms with Crippen LogP contribution < -0.4 is 14.4 Å². The average Bonchev–Trinajstić information content (AvgIpc) is 2.79. The van der Waals surface area contributed by atoms with E-state index in [1.807, 2.05) is 6.07 Å². The zero-order valence-corrected chi connectivity index (χ0v) is 20.1. The van der Waals surface area contributed by atoms with E-state index in [-0.39, 0.29) is 43.4 Å². The lowest BCUT2D eigenvalue weighted by atomic mass is 10.1. The molecule has 2 amide bonds. The molecule has 2 aromatic carbocycles. The Kier molecular flexibility index (Phi) is 9.22. The van der Waals surface area contributed by atoms with E-state index in [9.17, 15) is 22.4 Å². The Morgan fingerprint density at radius 1 is 1.15 bits per heavy atom. The molecule has 33 heavy (non-hydrogen) atoms. The SMILES string of the molecule is CNC(=O)[C@@H](C)N(Cc1cccc(OC)c1)C(=O)CCCN(c1ccccc1F)S(C)(=O)=O. The van der Waals surface area contributed by atoms with E-state index >= 15 is 0 Å². The lowest BCUT2D eigenvalue weighted by Gasteiger charge is -2.29. The summed E-state index contributed by atoms with van der Waals surface area (Å²) in [6, 6.07) is 12.0. The second-order valence-electron chi connectivity index (χ2n) is 7.55. The molecular formula is C23H30FN3O5S. The third kappa shape index (κ3) is 7.18. The Morgan fingerprint density at radius 2 is 1.85 bits per heavy atom. The van der Waals surface area contributed by atoms with Gasteiger partial charge in [-0.2, -0.15) is 0 Å². The summed E-state index contributed by atoms with van der Waals surface area (Å²) in [5.41, 5.74) is 0.710. The van der Waals surface area contributed by atoms with Crippen LogP contribution in [-0.4, -0.2) is 58.1 Å². The van der Waals surface area contributed by atoms with Crippen LogP contribution in [0.5, 0.6) is 5.75 Å². The Hall–Kier alpha value is -3.14. The lowest BCUT2D eigenvalue weighted by Crippen LogP contribution is -2.46. The predicted molar refractivity (Wildman–Crippen MR) is 125 cm³/mol. The minimum Gasteiger partial charge on any atom is -0.497 e. The number of hydrogen-bond acceptors (Lipinski definition) is 5. The number of rotatable bonds is 11. The summed E-state index contributed by atoms with van der Waals surface area (Å²) in [4.78, 5) is 26.8. The highest BCUT2D eigenvalue weighted by Gasteiger charge is 2.26. The van der Waals surface area contributed by atoms with Crippen molar-refractivity contribution in [2.75, 3.05) is 31.3 Å². The second kappa shape index (κ2) is 11.6. The topological polar surface area (TPSA) is 96.0 Å². The highest BCUT2D eigenvalue weighted by atomic mass is 32.2. The van der Waals surface area contributed by atoms with Crippen LogP contribution in [-0.2, 0) is 26.2 Å². The molecule has 1 N–H and O–H groups in total. The maximum atomic E-state index is 14.2. The van der Waals surface area contributed by atoms with E-state index in [0.29, 0.717) is 5.75 Å². The number of anilines is 1. The number of carbonyl (C=O) groups excluding carboxylic acids is 2. The first-order valence-corrected chi connectivity index (χ1v) is 12.3. The summed E-state index contributed by atoms with van der Waals surface area (Å²) in [5, 5.41) is 2.54. The quantitative estimate of drug-likeness (QED) is 0.534. The van der Waals surface area contributed by atoms with Gasteiger partial charge in [0.1, 0.15) is 17.6 Å². The van der Waals surface area contributed by atoms with E-state index in [2.05, 4.69) is 5.32 Å². The van der Waals surface area contributed by atoms with E-state index in [4.69, 9.17) is 4.74 Å². The van der Waals surface area contributed by atoms with Crippen LogP contribution in [0.15, 0.2) is 48.5 Å². The van der Waals surface area contributed by atoms with Crippen LogP contribution in [0.4, 0.5) is 10.1 Å². The zero-order valence-electron chi connectivity index (χ0n) is 19.2. The summed E-state index contributed by atoms with van der Waals surface area (Å²) < 4.78 is 44.8. The minimum absolute atomic E-state index is 0.0220. The molecule has 0 saturated carbocycles. The molecule has 8 nitrogen and oxygen atoms in total. The second-order valence-corrected chi connectivity index (χ2v) is 9.46. The van der Waals surface area contributed by atoms with Crippen LogP contribution in [0, 0.1) is 5.82 Å². The van der Waals surface area contributed by atoms with Gasteiger partial charge in [0.2, 0.25) is 21.8 Å². The van der Waals surface area contributed by atoms with Gasteiger partial charge in [-0.1, -0.05) is 24.3 Å². The molecule has 0 heterocycles. The molecule has 0 saturated heterocycles. The van der Waals surface area contributed by atoms with Gasteiger partial charge in [-0.15, -0.1) is 0 Å². The van der Waals surface area contributed by atoms with Crippen molar-refractivity contribution in [3.8, 4) is 5.75 Å². The van der Waals surface area contributed by atoms with Crippen molar-refractivity contribution in [1.82, 2.24) is 10.2 Å². The number of ether oxygens (including phenoxy) is 1. The fraction of sp³-hybridized carbons (Fsp3) is 0.391. The van der Waals surface area contributed by atoms with E-state index < -0.39 is 21.9 Å². The minimum atomic E-state index is -3.76. The first-order chi connectivity index (χ1) is 15.6. The van der Waals surface area contributed by atoms with E-state index in [1.54, 1.807) is 31.2 Å². The molecule has 0 aliphatic carbocycles. The van der Waals surface area contributed by atoms with Gasteiger partial charge < -0.3 is 15.0 Å². The van der Waals surface area contributed by atoms with E-state index in [0.717, 1.165) is 16.1 Å². The molecular weight excluding hydrogens is 449 g/mol. The van der Waals surface area contributed by atoms with Gasteiger partial charge in [0.15, 0.2) is 0 Å². The third-order valence-corrected chi connectivity index (χ3v) is 6.35. The highest BCUT2D eigenvalue weighted by molar-refractivity contribution is 7.92. The van der Waals surface area contributed by atoms with Gasteiger partial charge in [0.05, 0.1) is 19.1 Å². The molecule has 0 fully saturated rings.